The lowest BCUT2D eigenvalue weighted by Crippen LogP contribution is -2.45. The Morgan fingerprint density at radius 2 is 1.81 bits per heavy atom. The number of carbonyl (C=O) groups excluding carboxylic acids is 2. The number of nitrogens with one attached hydrogen (secondary N) is 1. The van der Waals surface area contributed by atoms with E-state index in [0.29, 0.717) is 24.2 Å². The van der Waals surface area contributed by atoms with Crippen molar-refractivity contribution in [2.45, 2.75) is 45.4 Å². The number of nitrogens with zero attached hydrogens (tertiary/aromatic N) is 1. The number of carboxylic acids is 1. The van der Waals surface area contributed by atoms with E-state index >= 15 is 0 Å². The van der Waals surface area contributed by atoms with E-state index in [0.717, 1.165) is 25.7 Å². The molecule has 27 heavy (non-hydrogen) atoms. The average molecular weight is 372 g/mol. The second kappa shape index (κ2) is 8.55. The van der Waals surface area contributed by atoms with E-state index in [4.69, 9.17) is 0 Å². The summed E-state index contributed by atoms with van der Waals surface area (Å²) in [6.45, 7) is 2.76. The molecule has 2 unspecified atom stereocenters. The first-order valence-electron chi connectivity index (χ1n) is 9.87. The molecule has 2 amide bonds. The van der Waals surface area contributed by atoms with E-state index in [-0.39, 0.29) is 30.2 Å². The normalized spacial score (nSPS) is 23.7. The minimum atomic E-state index is -0.854. The number of rotatable bonds is 4. The van der Waals surface area contributed by atoms with Crippen molar-refractivity contribution in [3.63, 3.8) is 0 Å². The molecule has 1 aliphatic carbocycles. The van der Waals surface area contributed by atoms with Gasteiger partial charge in [0.05, 0.1) is 5.92 Å². The number of hydrogen-bond donors (Lipinski definition) is 2. The average Bonchev–Trinajstić information content (AvgIpc) is 2.67. The molecule has 1 saturated carbocycles. The molecule has 3 rings (SSSR count). The largest absolute Gasteiger partial charge is 0.481 e. The second-order valence-electron chi connectivity index (χ2n) is 7.99. The van der Waals surface area contributed by atoms with Gasteiger partial charge in [0, 0.05) is 30.3 Å². The van der Waals surface area contributed by atoms with Crippen molar-refractivity contribution >= 4 is 23.5 Å². The molecule has 1 saturated heterocycles. The molecule has 0 spiro atoms. The van der Waals surface area contributed by atoms with Crippen molar-refractivity contribution < 1.29 is 19.5 Å². The highest BCUT2D eigenvalue weighted by atomic mass is 16.4. The van der Waals surface area contributed by atoms with Crippen molar-refractivity contribution in [3.8, 4) is 0 Å². The van der Waals surface area contributed by atoms with E-state index in [1.54, 1.807) is 29.2 Å². The van der Waals surface area contributed by atoms with Crippen LogP contribution in [0.5, 0.6) is 0 Å². The number of benzene rings is 1. The summed E-state index contributed by atoms with van der Waals surface area (Å²) in [6.07, 6.45) is 5.82. The topological polar surface area (TPSA) is 86.7 Å². The Labute approximate surface area is 159 Å². The Hall–Kier alpha value is -2.37. The van der Waals surface area contributed by atoms with Crippen LogP contribution >= 0.6 is 0 Å². The predicted octanol–water partition coefficient (Wildman–Crippen LogP) is 3.39. The van der Waals surface area contributed by atoms with Gasteiger partial charge < -0.3 is 15.3 Å². The SMILES string of the molecule is CC1CC(C(=O)O)CN(C(=O)c2cccc(NC(=O)C3CCCCC3)c2)C1. The number of hydrogen-bond acceptors (Lipinski definition) is 3. The molecule has 1 aliphatic heterocycles. The molecule has 6 heteroatoms. The van der Waals surface area contributed by atoms with Crippen LogP contribution in [0.4, 0.5) is 5.69 Å². The van der Waals surface area contributed by atoms with Crippen LogP contribution in [0.3, 0.4) is 0 Å². The van der Waals surface area contributed by atoms with Crippen LogP contribution in [0.2, 0.25) is 0 Å². The van der Waals surface area contributed by atoms with Gasteiger partial charge in [-0.2, -0.15) is 0 Å². The number of aliphatic carboxylic acids is 1. The van der Waals surface area contributed by atoms with Crippen LogP contribution in [0.25, 0.3) is 0 Å². The first-order chi connectivity index (χ1) is 12.9. The third-order valence-electron chi connectivity index (χ3n) is 5.65. The van der Waals surface area contributed by atoms with Crippen molar-refractivity contribution in [1.29, 1.82) is 0 Å². The highest BCUT2D eigenvalue weighted by Gasteiger charge is 2.32. The fraction of sp³-hybridized carbons (Fsp3) is 0.571. The first-order valence-corrected chi connectivity index (χ1v) is 9.87. The summed E-state index contributed by atoms with van der Waals surface area (Å²) < 4.78 is 0. The van der Waals surface area contributed by atoms with Crippen molar-refractivity contribution in [1.82, 2.24) is 4.90 Å². The molecule has 1 heterocycles. The van der Waals surface area contributed by atoms with Crippen LogP contribution in [-0.2, 0) is 9.59 Å². The molecule has 146 valence electrons. The number of anilines is 1. The van der Waals surface area contributed by atoms with Crippen LogP contribution in [0.1, 0.15) is 55.8 Å². The van der Waals surface area contributed by atoms with Gasteiger partial charge in [-0.3, -0.25) is 14.4 Å². The fourth-order valence-electron chi connectivity index (χ4n) is 4.22. The predicted molar refractivity (Wildman–Crippen MR) is 102 cm³/mol. The maximum atomic E-state index is 12.9. The van der Waals surface area contributed by atoms with Crippen molar-refractivity contribution in [2.24, 2.45) is 17.8 Å². The lowest BCUT2D eigenvalue weighted by molar-refractivity contribution is -0.143. The lowest BCUT2D eigenvalue weighted by Gasteiger charge is -2.34. The summed E-state index contributed by atoms with van der Waals surface area (Å²) in [6, 6.07) is 6.95. The summed E-state index contributed by atoms with van der Waals surface area (Å²) in [4.78, 5) is 38.3. The van der Waals surface area contributed by atoms with Gasteiger partial charge in [-0.15, -0.1) is 0 Å². The Morgan fingerprint density at radius 3 is 2.52 bits per heavy atom. The van der Waals surface area contributed by atoms with Crippen LogP contribution in [-0.4, -0.2) is 40.9 Å². The zero-order valence-corrected chi connectivity index (χ0v) is 15.8. The lowest BCUT2D eigenvalue weighted by atomic mass is 9.88. The minimum Gasteiger partial charge on any atom is -0.481 e. The van der Waals surface area contributed by atoms with Gasteiger partial charge >= 0.3 is 5.97 Å². The summed E-state index contributed by atoms with van der Waals surface area (Å²) in [5.41, 5.74) is 1.10. The Balaban J connectivity index is 1.68. The maximum Gasteiger partial charge on any atom is 0.308 e. The summed E-state index contributed by atoms with van der Waals surface area (Å²) >= 11 is 0. The van der Waals surface area contributed by atoms with Gasteiger partial charge in [0.15, 0.2) is 0 Å². The minimum absolute atomic E-state index is 0.0248. The Bertz CT molecular complexity index is 712. The molecule has 2 N–H and O–H groups in total. The second-order valence-corrected chi connectivity index (χ2v) is 7.99. The van der Waals surface area contributed by atoms with Crippen molar-refractivity contribution in [2.75, 3.05) is 18.4 Å². The maximum absolute atomic E-state index is 12.9. The molecule has 2 atom stereocenters. The third-order valence-corrected chi connectivity index (χ3v) is 5.65. The van der Waals surface area contributed by atoms with E-state index in [2.05, 4.69) is 5.32 Å². The smallest absolute Gasteiger partial charge is 0.308 e. The number of likely N-dealkylation sites (tertiary alicyclic amines) is 1. The standard InChI is InChI=1S/C21H28N2O4/c1-14-10-17(21(26)27)13-23(12-14)20(25)16-8-5-9-18(11-16)22-19(24)15-6-3-2-4-7-15/h5,8-9,11,14-15,17H,2-4,6-7,10,12-13H2,1H3,(H,22,24)(H,26,27). The number of carbonyl (C=O) groups is 3. The first kappa shape index (κ1) is 19.4. The summed E-state index contributed by atoms with van der Waals surface area (Å²) in [5, 5.41) is 12.2. The van der Waals surface area contributed by atoms with Crippen LogP contribution in [0.15, 0.2) is 24.3 Å². The van der Waals surface area contributed by atoms with Crippen LogP contribution < -0.4 is 5.32 Å². The monoisotopic (exact) mass is 372 g/mol. The zero-order valence-electron chi connectivity index (χ0n) is 15.8. The van der Waals surface area contributed by atoms with Gasteiger partial charge in [-0.05, 0) is 43.4 Å². The van der Waals surface area contributed by atoms with Gasteiger partial charge in [-0.1, -0.05) is 32.3 Å². The molecule has 2 fully saturated rings. The Kier molecular flexibility index (Phi) is 6.14. The molecule has 0 bridgehead atoms. The number of piperidine rings is 1. The number of carboxylic acid groups (broad SMARTS) is 1. The van der Waals surface area contributed by atoms with Crippen molar-refractivity contribution in [3.05, 3.63) is 29.8 Å². The van der Waals surface area contributed by atoms with Crippen LogP contribution in [0, 0.1) is 17.8 Å². The molecule has 2 aliphatic rings. The van der Waals surface area contributed by atoms with Gasteiger partial charge in [0.2, 0.25) is 5.91 Å². The molecule has 6 nitrogen and oxygen atoms in total. The van der Waals surface area contributed by atoms with Gasteiger partial charge in [-0.25, -0.2) is 0 Å². The van der Waals surface area contributed by atoms with E-state index in [1.807, 2.05) is 6.92 Å². The molecule has 0 radical (unpaired) electrons. The zero-order chi connectivity index (χ0) is 19.4. The molecular formula is C21H28N2O4. The highest BCUT2D eigenvalue weighted by Crippen LogP contribution is 2.26. The summed E-state index contributed by atoms with van der Waals surface area (Å²) in [7, 11) is 0. The Morgan fingerprint density at radius 1 is 1.07 bits per heavy atom. The molecule has 0 aromatic heterocycles. The molecule has 1 aromatic carbocycles. The van der Waals surface area contributed by atoms with Gasteiger partial charge in [0.25, 0.3) is 5.91 Å². The highest BCUT2D eigenvalue weighted by molar-refractivity contribution is 5.98. The van der Waals surface area contributed by atoms with Gasteiger partial charge in [0.1, 0.15) is 0 Å². The van der Waals surface area contributed by atoms with E-state index < -0.39 is 11.9 Å². The van der Waals surface area contributed by atoms with E-state index in [9.17, 15) is 19.5 Å². The summed E-state index contributed by atoms with van der Waals surface area (Å²) in [5.74, 6) is -1.33. The van der Waals surface area contributed by atoms with E-state index in [1.165, 1.54) is 6.42 Å². The fourth-order valence-corrected chi connectivity index (χ4v) is 4.22. The quantitative estimate of drug-likeness (QED) is 0.848. The number of amides is 2. The molecular weight excluding hydrogens is 344 g/mol. The third kappa shape index (κ3) is 4.87. The molecule has 1 aromatic rings.